The average molecular weight is 260 g/mol. The van der Waals surface area contributed by atoms with Crippen molar-refractivity contribution >= 4 is 11.0 Å². The van der Waals surface area contributed by atoms with Gasteiger partial charge in [0.2, 0.25) is 0 Å². The van der Waals surface area contributed by atoms with E-state index in [1.807, 2.05) is 25.1 Å². The lowest BCUT2D eigenvalue weighted by Gasteiger charge is -2.29. The van der Waals surface area contributed by atoms with Crippen molar-refractivity contribution in [3.63, 3.8) is 0 Å². The minimum absolute atomic E-state index is 0.211. The van der Waals surface area contributed by atoms with Crippen LogP contribution >= 0.6 is 0 Å². The Balaban J connectivity index is 2.47. The Bertz CT molecular complexity index is 555. The summed E-state index contributed by atoms with van der Waals surface area (Å²) in [6.45, 7) is 8.77. The van der Waals surface area contributed by atoms with E-state index in [2.05, 4.69) is 31.4 Å². The first-order valence-corrected chi connectivity index (χ1v) is 7.12. The Morgan fingerprint density at radius 3 is 2.63 bits per heavy atom. The maximum Gasteiger partial charge on any atom is 0.109 e. The molecule has 0 amide bonds. The summed E-state index contributed by atoms with van der Waals surface area (Å²) in [4.78, 5) is 4.70. The van der Waals surface area contributed by atoms with Crippen LogP contribution in [0.4, 0.5) is 0 Å². The lowest BCUT2D eigenvalue weighted by molar-refractivity contribution is -0.00241. The molecule has 0 saturated carbocycles. The molecule has 2 rings (SSSR count). The van der Waals surface area contributed by atoms with Crippen LogP contribution in [0, 0.1) is 5.92 Å². The van der Waals surface area contributed by atoms with Gasteiger partial charge in [0.05, 0.1) is 23.2 Å². The number of para-hydroxylation sites is 2. The van der Waals surface area contributed by atoms with Gasteiger partial charge in [-0.25, -0.2) is 4.98 Å². The molecule has 0 fully saturated rings. The zero-order valence-corrected chi connectivity index (χ0v) is 12.3. The Kier molecular flexibility index (Phi) is 3.95. The summed E-state index contributed by atoms with van der Waals surface area (Å²) in [6, 6.07) is 8.16. The van der Waals surface area contributed by atoms with Crippen LogP contribution in [0.5, 0.6) is 0 Å². The number of nitrogens with zero attached hydrogens (tertiary/aromatic N) is 2. The van der Waals surface area contributed by atoms with E-state index in [0.717, 1.165) is 29.7 Å². The predicted molar refractivity (Wildman–Crippen MR) is 79.2 cm³/mol. The fourth-order valence-corrected chi connectivity index (χ4v) is 2.22. The summed E-state index contributed by atoms with van der Waals surface area (Å²) in [5, 5.41) is 10.6. The summed E-state index contributed by atoms with van der Waals surface area (Å²) in [7, 11) is 0. The van der Waals surface area contributed by atoms with Gasteiger partial charge in [-0.3, -0.25) is 0 Å². The van der Waals surface area contributed by atoms with Gasteiger partial charge in [-0.15, -0.1) is 0 Å². The number of hydrogen-bond acceptors (Lipinski definition) is 2. The molecule has 1 aromatic carbocycles. The highest BCUT2D eigenvalue weighted by Crippen LogP contribution is 2.24. The number of aromatic nitrogens is 2. The van der Waals surface area contributed by atoms with E-state index in [1.165, 1.54) is 0 Å². The minimum atomic E-state index is -0.716. The Morgan fingerprint density at radius 2 is 2.00 bits per heavy atom. The van der Waals surface area contributed by atoms with E-state index in [-0.39, 0.29) is 5.92 Å². The van der Waals surface area contributed by atoms with Crippen LogP contribution in [0.1, 0.15) is 39.9 Å². The highest BCUT2D eigenvalue weighted by atomic mass is 16.3. The molecule has 0 bridgehead atoms. The van der Waals surface area contributed by atoms with Gasteiger partial charge in [0.15, 0.2) is 0 Å². The molecule has 0 spiro atoms. The third-order valence-electron chi connectivity index (χ3n) is 3.93. The summed E-state index contributed by atoms with van der Waals surface area (Å²) in [6.07, 6.45) is 2.01. The van der Waals surface area contributed by atoms with Crippen LogP contribution < -0.4 is 0 Å². The van der Waals surface area contributed by atoms with Crippen molar-refractivity contribution in [2.75, 3.05) is 0 Å². The van der Waals surface area contributed by atoms with Gasteiger partial charge in [0, 0.05) is 6.42 Å². The average Bonchev–Trinajstić information content (AvgIpc) is 2.68. The number of benzene rings is 1. The SMILES string of the molecule is CCCc1nc2ccccc2n1CC(C)(O)C(C)C. The maximum atomic E-state index is 10.6. The molecule has 0 radical (unpaired) electrons. The molecule has 1 atom stereocenters. The highest BCUT2D eigenvalue weighted by Gasteiger charge is 2.27. The largest absolute Gasteiger partial charge is 0.388 e. The van der Waals surface area contributed by atoms with Gasteiger partial charge in [-0.1, -0.05) is 32.9 Å². The topological polar surface area (TPSA) is 38.0 Å². The molecule has 1 N–H and O–H groups in total. The molecule has 0 aliphatic carbocycles. The first-order chi connectivity index (χ1) is 8.95. The summed E-state index contributed by atoms with van der Waals surface area (Å²) in [5.41, 5.74) is 1.42. The van der Waals surface area contributed by atoms with Crippen LogP contribution in [0.25, 0.3) is 11.0 Å². The van der Waals surface area contributed by atoms with Crippen LogP contribution in [0.2, 0.25) is 0 Å². The zero-order valence-electron chi connectivity index (χ0n) is 12.3. The quantitative estimate of drug-likeness (QED) is 0.894. The standard InChI is InChI=1S/C16H24N2O/c1-5-8-15-17-13-9-6-7-10-14(13)18(15)11-16(4,19)12(2)3/h6-7,9-10,12,19H,5,8,11H2,1-4H3. The molecule has 0 saturated heterocycles. The molecule has 1 unspecified atom stereocenters. The molecule has 19 heavy (non-hydrogen) atoms. The van der Waals surface area contributed by atoms with Crippen molar-refractivity contribution in [3.05, 3.63) is 30.1 Å². The number of aliphatic hydroxyl groups is 1. The fourth-order valence-electron chi connectivity index (χ4n) is 2.22. The summed E-state index contributed by atoms with van der Waals surface area (Å²) < 4.78 is 2.18. The van der Waals surface area contributed by atoms with Crippen molar-refractivity contribution in [1.29, 1.82) is 0 Å². The first kappa shape index (κ1) is 14.1. The van der Waals surface area contributed by atoms with Gasteiger partial charge in [-0.05, 0) is 31.4 Å². The maximum absolute atomic E-state index is 10.6. The fraction of sp³-hybridized carbons (Fsp3) is 0.562. The van der Waals surface area contributed by atoms with Crippen molar-refractivity contribution < 1.29 is 5.11 Å². The number of aryl methyl sites for hydroxylation is 1. The van der Waals surface area contributed by atoms with Crippen LogP contribution in [-0.2, 0) is 13.0 Å². The lowest BCUT2D eigenvalue weighted by Crippen LogP contribution is -2.36. The first-order valence-electron chi connectivity index (χ1n) is 7.12. The third kappa shape index (κ3) is 2.81. The number of rotatable bonds is 5. The summed E-state index contributed by atoms with van der Waals surface area (Å²) >= 11 is 0. The predicted octanol–water partition coefficient (Wildman–Crippen LogP) is 3.40. The highest BCUT2D eigenvalue weighted by molar-refractivity contribution is 5.75. The Hall–Kier alpha value is -1.35. The van der Waals surface area contributed by atoms with Gasteiger partial charge in [0.25, 0.3) is 0 Å². The number of fused-ring (bicyclic) bond motifs is 1. The van der Waals surface area contributed by atoms with Gasteiger partial charge >= 0.3 is 0 Å². The van der Waals surface area contributed by atoms with Gasteiger partial charge in [0.1, 0.15) is 5.82 Å². The Labute approximate surface area is 115 Å². The van der Waals surface area contributed by atoms with Crippen molar-refractivity contribution in [2.24, 2.45) is 5.92 Å². The van der Waals surface area contributed by atoms with Crippen LogP contribution in [-0.4, -0.2) is 20.3 Å². The lowest BCUT2D eigenvalue weighted by atomic mass is 9.92. The van der Waals surface area contributed by atoms with Crippen LogP contribution in [0.3, 0.4) is 0 Å². The smallest absolute Gasteiger partial charge is 0.109 e. The van der Waals surface area contributed by atoms with Crippen molar-refractivity contribution in [1.82, 2.24) is 9.55 Å². The second-order valence-electron chi connectivity index (χ2n) is 5.86. The second-order valence-corrected chi connectivity index (χ2v) is 5.86. The molecule has 2 aromatic rings. The molecule has 0 aliphatic rings. The number of imidazole rings is 1. The monoisotopic (exact) mass is 260 g/mol. The molecule has 3 nitrogen and oxygen atoms in total. The van der Waals surface area contributed by atoms with Gasteiger partial charge < -0.3 is 9.67 Å². The Morgan fingerprint density at radius 1 is 1.32 bits per heavy atom. The molecule has 1 heterocycles. The van der Waals surface area contributed by atoms with E-state index >= 15 is 0 Å². The van der Waals surface area contributed by atoms with Crippen molar-refractivity contribution in [3.8, 4) is 0 Å². The molecule has 0 aliphatic heterocycles. The van der Waals surface area contributed by atoms with Crippen LogP contribution in [0.15, 0.2) is 24.3 Å². The van der Waals surface area contributed by atoms with E-state index in [1.54, 1.807) is 0 Å². The van der Waals surface area contributed by atoms with E-state index in [4.69, 9.17) is 4.98 Å². The molecular formula is C16H24N2O. The molecule has 104 valence electrons. The van der Waals surface area contributed by atoms with Gasteiger partial charge in [-0.2, -0.15) is 0 Å². The third-order valence-corrected chi connectivity index (χ3v) is 3.93. The summed E-state index contributed by atoms with van der Waals surface area (Å²) in [5.74, 6) is 1.28. The molecule has 1 aromatic heterocycles. The van der Waals surface area contributed by atoms with E-state index in [0.29, 0.717) is 6.54 Å². The van der Waals surface area contributed by atoms with E-state index in [9.17, 15) is 5.11 Å². The molecular weight excluding hydrogens is 236 g/mol. The second kappa shape index (κ2) is 5.33. The minimum Gasteiger partial charge on any atom is -0.388 e. The zero-order chi connectivity index (χ0) is 14.0. The van der Waals surface area contributed by atoms with Crippen molar-refractivity contribution in [2.45, 2.75) is 52.7 Å². The number of hydrogen-bond donors (Lipinski definition) is 1. The van der Waals surface area contributed by atoms with E-state index < -0.39 is 5.60 Å². The normalized spacial score (nSPS) is 15.1. The molecule has 3 heteroatoms.